The first-order valence-corrected chi connectivity index (χ1v) is 14.8. The van der Waals surface area contributed by atoms with Crippen molar-refractivity contribution in [2.45, 2.75) is 58.8 Å². The third-order valence-electron chi connectivity index (χ3n) is 9.76. The number of rotatable bonds is 6. The number of hydrogen-bond donors (Lipinski definition) is 2. The second-order valence-corrected chi connectivity index (χ2v) is 12.6. The number of aliphatic hydroxyl groups is 2. The van der Waals surface area contributed by atoms with Gasteiger partial charge in [0.05, 0.1) is 16.5 Å². The fraction of sp³-hybridized carbons (Fsp3) is 0.457. The minimum Gasteiger partial charge on any atom is -0.457 e. The summed E-state index contributed by atoms with van der Waals surface area (Å²) in [6.45, 7) is 9.60. The second-order valence-electron chi connectivity index (χ2n) is 12.6. The van der Waals surface area contributed by atoms with Gasteiger partial charge in [0.1, 0.15) is 12.7 Å². The van der Waals surface area contributed by atoms with Gasteiger partial charge in [0.25, 0.3) is 0 Å². The van der Waals surface area contributed by atoms with Crippen LogP contribution in [-0.4, -0.2) is 52.4 Å². The van der Waals surface area contributed by atoms with Crippen LogP contribution in [0.15, 0.2) is 84.0 Å². The van der Waals surface area contributed by atoms with E-state index in [1.54, 1.807) is 79.7 Å². The average molecular weight is 573 g/mol. The van der Waals surface area contributed by atoms with Crippen molar-refractivity contribution in [3.63, 3.8) is 0 Å². The van der Waals surface area contributed by atoms with Crippen LogP contribution in [0.1, 0.15) is 61.8 Å². The molecule has 222 valence electrons. The molecule has 2 bridgehead atoms. The molecule has 3 aliphatic carbocycles. The fourth-order valence-corrected chi connectivity index (χ4v) is 7.97. The molecule has 42 heavy (non-hydrogen) atoms. The predicted molar refractivity (Wildman–Crippen MR) is 157 cm³/mol. The maximum absolute atomic E-state index is 14.8. The molecule has 0 radical (unpaired) electrons. The summed E-state index contributed by atoms with van der Waals surface area (Å²) >= 11 is 0. The van der Waals surface area contributed by atoms with Gasteiger partial charge in [0, 0.05) is 5.92 Å². The van der Waals surface area contributed by atoms with Crippen LogP contribution >= 0.6 is 0 Å². The minimum atomic E-state index is -2.22. The van der Waals surface area contributed by atoms with Gasteiger partial charge in [-0.3, -0.25) is 4.79 Å². The van der Waals surface area contributed by atoms with E-state index < -0.39 is 41.1 Å². The van der Waals surface area contributed by atoms with Gasteiger partial charge >= 0.3 is 11.9 Å². The van der Waals surface area contributed by atoms with E-state index in [-0.39, 0.29) is 47.2 Å². The summed E-state index contributed by atoms with van der Waals surface area (Å²) in [7, 11) is 0. The van der Waals surface area contributed by atoms with Crippen LogP contribution in [0, 0.1) is 35.0 Å². The third kappa shape index (κ3) is 4.63. The van der Waals surface area contributed by atoms with Crippen LogP contribution in [0.3, 0.4) is 0 Å². The van der Waals surface area contributed by atoms with E-state index in [2.05, 4.69) is 20.8 Å². The van der Waals surface area contributed by atoms with Crippen LogP contribution in [-0.2, 0) is 14.3 Å². The van der Waals surface area contributed by atoms with Crippen molar-refractivity contribution in [2.75, 3.05) is 6.61 Å². The molecule has 1 fully saturated rings. The molecule has 7 nitrogen and oxygen atoms in total. The SMILES string of the molecule is CC1=CC23C(=O)[C@@H](C=C(COC(=O)c4ccccc4)[C@@H](O)[C@]2(O)[C@H]1OC(=O)c1ccccc1)[C@@H](C(C)C)[C@@H](C)C[C@@H]3C. The molecule has 1 saturated carbocycles. The predicted octanol–water partition coefficient (Wildman–Crippen LogP) is 5.18. The molecule has 7 heteroatoms. The zero-order chi connectivity index (χ0) is 30.4. The highest BCUT2D eigenvalue weighted by Gasteiger charge is 2.72. The van der Waals surface area contributed by atoms with E-state index in [0.29, 0.717) is 17.6 Å². The average Bonchev–Trinajstić information content (AvgIpc) is 3.13. The molecule has 0 saturated heterocycles. The molecule has 1 unspecified atom stereocenters. The number of carbonyl (C=O) groups excluding carboxylic acids is 3. The Bertz CT molecular complexity index is 1410. The Morgan fingerprint density at radius 3 is 2.12 bits per heavy atom. The summed E-state index contributed by atoms with van der Waals surface area (Å²) in [6.07, 6.45) is 1.13. The van der Waals surface area contributed by atoms with Gasteiger partial charge in [-0.1, -0.05) is 76.2 Å². The normalized spacial score (nSPS) is 34.0. The highest BCUT2D eigenvalue weighted by atomic mass is 16.6. The van der Waals surface area contributed by atoms with E-state index in [4.69, 9.17) is 9.47 Å². The number of hydrogen-bond acceptors (Lipinski definition) is 7. The van der Waals surface area contributed by atoms with E-state index in [9.17, 15) is 24.6 Å². The Labute approximate surface area is 247 Å². The van der Waals surface area contributed by atoms with Crippen molar-refractivity contribution in [3.05, 3.63) is 95.1 Å². The lowest BCUT2D eigenvalue weighted by Crippen LogP contribution is -2.65. The Balaban J connectivity index is 1.62. The van der Waals surface area contributed by atoms with Crippen molar-refractivity contribution in [3.8, 4) is 0 Å². The molecule has 0 aromatic heterocycles. The quantitative estimate of drug-likeness (QED) is 0.363. The van der Waals surface area contributed by atoms with Gasteiger partial charge in [-0.15, -0.1) is 0 Å². The first kappa shape index (κ1) is 29.9. The Kier molecular flexibility index (Phi) is 8.03. The van der Waals surface area contributed by atoms with Crippen molar-refractivity contribution in [1.82, 2.24) is 0 Å². The van der Waals surface area contributed by atoms with Crippen LogP contribution in [0.25, 0.3) is 0 Å². The van der Waals surface area contributed by atoms with E-state index in [0.717, 1.165) is 0 Å². The molecule has 3 aliphatic rings. The number of benzene rings is 2. The minimum absolute atomic E-state index is 0.0756. The molecular weight excluding hydrogens is 532 g/mol. The molecule has 8 atom stereocenters. The number of ketones is 1. The lowest BCUT2D eigenvalue weighted by atomic mass is 9.59. The summed E-state index contributed by atoms with van der Waals surface area (Å²) in [4.78, 5) is 41.0. The van der Waals surface area contributed by atoms with Gasteiger partial charge in [0.15, 0.2) is 17.5 Å². The number of Topliss-reactive ketones (excluding diaryl/α,β-unsaturated/α-hetero) is 1. The zero-order valence-electron chi connectivity index (χ0n) is 24.8. The smallest absolute Gasteiger partial charge is 0.338 e. The summed E-state index contributed by atoms with van der Waals surface area (Å²) in [5.74, 6) is -2.31. The molecule has 1 spiro atoms. The van der Waals surface area contributed by atoms with Crippen LogP contribution in [0.5, 0.6) is 0 Å². The fourth-order valence-electron chi connectivity index (χ4n) is 7.97. The number of ether oxygens (including phenoxy) is 2. The standard InChI is InChI=1S/C35H40O7/c1-20(2)28-21(3)16-23(5)34-18-22(4)31(42-33(39)25-14-10-7-11-15-25)35(34,40)29(36)26(17-27(28)30(34)37)19-41-32(38)24-12-8-6-9-13-24/h6-15,17-18,20-21,23,27-29,31,36,40H,16,19H2,1-5H3/t21-,23-,27-,28-,29+,31-,34?,35-/m0/s1. The van der Waals surface area contributed by atoms with Gasteiger partial charge in [-0.25, -0.2) is 9.59 Å². The largest absolute Gasteiger partial charge is 0.457 e. The number of fused-ring (bicyclic) bond motifs is 1. The molecular formula is C35H40O7. The summed E-state index contributed by atoms with van der Waals surface area (Å²) in [5.41, 5.74) is -2.39. The summed E-state index contributed by atoms with van der Waals surface area (Å²) < 4.78 is 11.6. The topological polar surface area (TPSA) is 110 Å². The zero-order valence-corrected chi connectivity index (χ0v) is 24.8. The van der Waals surface area contributed by atoms with Crippen LogP contribution in [0.2, 0.25) is 0 Å². The van der Waals surface area contributed by atoms with Crippen molar-refractivity contribution >= 4 is 17.7 Å². The van der Waals surface area contributed by atoms with E-state index in [1.807, 2.05) is 6.92 Å². The maximum Gasteiger partial charge on any atom is 0.338 e. The van der Waals surface area contributed by atoms with Gasteiger partial charge < -0.3 is 19.7 Å². The molecule has 0 aliphatic heterocycles. The van der Waals surface area contributed by atoms with Crippen LogP contribution < -0.4 is 0 Å². The molecule has 5 rings (SSSR count). The van der Waals surface area contributed by atoms with E-state index in [1.165, 1.54) is 0 Å². The van der Waals surface area contributed by atoms with Crippen LogP contribution in [0.4, 0.5) is 0 Å². The number of allylic oxidation sites excluding steroid dienone is 1. The number of esters is 2. The van der Waals surface area contributed by atoms with Gasteiger partial charge in [-0.2, -0.15) is 0 Å². The van der Waals surface area contributed by atoms with Crippen molar-refractivity contribution < 1.29 is 34.1 Å². The lowest BCUT2D eigenvalue weighted by Gasteiger charge is -2.48. The Morgan fingerprint density at radius 2 is 1.55 bits per heavy atom. The molecule has 2 aromatic rings. The van der Waals surface area contributed by atoms with Crippen molar-refractivity contribution in [2.24, 2.45) is 35.0 Å². The highest BCUT2D eigenvalue weighted by molar-refractivity contribution is 5.95. The van der Waals surface area contributed by atoms with Gasteiger partial charge in [0.2, 0.25) is 0 Å². The Morgan fingerprint density at radius 1 is 0.976 bits per heavy atom. The first-order valence-electron chi connectivity index (χ1n) is 14.8. The lowest BCUT2D eigenvalue weighted by molar-refractivity contribution is -0.190. The first-order chi connectivity index (χ1) is 19.9. The monoisotopic (exact) mass is 572 g/mol. The third-order valence-corrected chi connectivity index (χ3v) is 9.76. The Hall–Kier alpha value is -3.55. The van der Waals surface area contributed by atoms with E-state index >= 15 is 0 Å². The summed E-state index contributed by atoms with van der Waals surface area (Å²) in [5, 5.41) is 24.9. The second kappa shape index (κ2) is 11.3. The molecule has 0 heterocycles. The highest BCUT2D eigenvalue weighted by Crippen LogP contribution is 2.61. The maximum atomic E-state index is 14.8. The molecule has 2 aromatic carbocycles. The van der Waals surface area contributed by atoms with Crippen molar-refractivity contribution in [1.29, 1.82) is 0 Å². The molecule has 2 N–H and O–H groups in total. The number of aliphatic hydroxyl groups excluding tert-OH is 1. The van der Waals surface area contributed by atoms with Gasteiger partial charge in [-0.05, 0) is 72.4 Å². The number of carbonyl (C=O) groups is 3. The molecule has 0 amide bonds. The summed E-state index contributed by atoms with van der Waals surface area (Å²) in [6, 6.07) is 16.9.